The van der Waals surface area contributed by atoms with Crippen molar-refractivity contribution in [3.8, 4) is 0 Å². The number of hydrogen-bond donors (Lipinski definition) is 2. The van der Waals surface area contributed by atoms with Crippen molar-refractivity contribution in [1.29, 1.82) is 0 Å². The van der Waals surface area contributed by atoms with Crippen molar-refractivity contribution in [2.45, 2.75) is 25.8 Å². The van der Waals surface area contributed by atoms with Gasteiger partial charge in [0.15, 0.2) is 0 Å². The zero-order chi connectivity index (χ0) is 11.5. The molecule has 1 unspecified atom stereocenters. The average Bonchev–Trinajstić information content (AvgIpc) is 3.10. The summed E-state index contributed by atoms with van der Waals surface area (Å²) in [5.41, 5.74) is 7.78. The third-order valence-electron chi connectivity index (χ3n) is 3.04. The van der Waals surface area contributed by atoms with Crippen LogP contribution in [-0.4, -0.2) is 18.5 Å². The summed E-state index contributed by atoms with van der Waals surface area (Å²) in [7, 11) is 0. The first-order valence-electron chi connectivity index (χ1n) is 5.77. The van der Waals surface area contributed by atoms with E-state index in [1.54, 1.807) is 0 Å². The molecule has 0 bridgehead atoms. The van der Waals surface area contributed by atoms with Crippen LogP contribution in [0.15, 0.2) is 24.3 Å². The largest absolute Gasteiger partial charge is 0.350 e. The van der Waals surface area contributed by atoms with E-state index in [-0.39, 0.29) is 24.4 Å². The second-order valence-corrected chi connectivity index (χ2v) is 4.58. The van der Waals surface area contributed by atoms with E-state index in [1.807, 2.05) is 31.2 Å². The Morgan fingerprint density at radius 1 is 1.41 bits per heavy atom. The van der Waals surface area contributed by atoms with Crippen LogP contribution in [0.5, 0.6) is 0 Å². The Labute approximate surface area is 108 Å². The van der Waals surface area contributed by atoms with Crippen LogP contribution in [0, 0.1) is 12.8 Å². The van der Waals surface area contributed by atoms with Crippen LogP contribution >= 0.6 is 12.4 Å². The van der Waals surface area contributed by atoms with Gasteiger partial charge in [0.1, 0.15) is 0 Å². The molecule has 17 heavy (non-hydrogen) atoms. The third-order valence-corrected chi connectivity index (χ3v) is 3.04. The molecule has 1 amide bonds. The molecule has 3 nitrogen and oxygen atoms in total. The van der Waals surface area contributed by atoms with Gasteiger partial charge in [0, 0.05) is 18.2 Å². The minimum atomic E-state index is -0.0314. The predicted octanol–water partition coefficient (Wildman–Crippen LogP) is 1.88. The van der Waals surface area contributed by atoms with Gasteiger partial charge in [0.05, 0.1) is 0 Å². The van der Waals surface area contributed by atoms with Gasteiger partial charge >= 0.3 is 0 Å². The lowest BCUT2D eigenvalue weighted by Gasteiger charge is -2.11. The van der Waals surface area contributed by atoms with Gasteiger partial charge in [-0.05, 0) is 37.8 Å². The number of aryl methyl sites for hydroxylation is 1. The molecule has 2 rings (SSSR count). The van der Waals surface area contributed by atoms with Crippen molar-refractivity contribution in [2.75, 3.05) is 6.54 Å². The van der Waals surface area contributed by atoms with Crippen molar-refractivity contribution in [3.63, 3.8) is 0 Å². The fraction of sp³-hybridized carbons (Fsp3) is 0.462. The average molecular weight is 255 g/mol. The maximum Gasteiger partial charge on any atom is 0.251 e. The van der Waals surface area contributed by atoms with Crippen molar-refractivity contribution in [2.24, 2.45) is 11.7 Å². The zero-order valence-electron chi connectivity index (χ0n) is 9.98. The highest BCUT2D eigenvalue weighted by Gasteiger charge is 2.28. The van der Waals surface area contributed by atoms with E-state index in [0.29, 0.717) is 18.0 Å². The molecule has 0 saturated heterocycles. The van der Waals surface area contributed by atoms with E-state index in [2.05, 4.69) is 5.32 Å². The van der Waals surface area contributed by atoms with Crippen LogP contribution in [0.2, 0.25) is 0 Å². The first-order valence-corrected chi connectivity index (χ1v) is 5.77. The molecule has 3 N–H and O–H groups in total. The molecule has 4 heteroatoms. The maximum absolute atomic E-state index is 11.7. The summed E-state index contributed by atoms with van der Waals surface area (Å²) in [6.07, 6.45) is 2.42. The van der Waals surface area contributed by atoms with Gasteiger partial charge < -0.3 is 11.1 Å². The highest BCUT2D eigenvalue weighted by atomic mass is 35.5. The number of halogens is 1. The molecule has 94 valence electrons. The second kappa shape index (κ2) is 6.03. The van der Waals surface area contributed by atoms with Crippen molar-refractivity contribution < 1.29 is 4.79 Å². The second-order valence-electron chi connectivity index (χ2n) is 4.58. The first-order chi connectivity index (χ1) is 7.66. The molecule has 1 aliphatic rings. The number of amides is 1. The van der Waals surface area contributed by atoms with Crippen LogP contribution in [0.25, 0.3) is 0 Å². The molecular weight excluding hydrogens is 236 g/mol. The van der Waals surface area contributed by atoms with E-state index in [0.717, 1.165) is 5.56 Å². The van der Waals surface area contributed by atoms with Crippen LogP contribution in [0.1, 0.15) is 28.8 Å². The zero-order valence-corrected chi connectivity index (χ0v) is 10.8. The quantitative estimate of drug-likeness (QED) is 0.862. The summed E-state index contributed by atoms with van der Waals surface area (Å²) in [5, 5.41) is 2.88. The molecule has 1 saturated carbocycles. The Kier molecular flexibility index (Phi) is 4.97. The molecular formula is C13H19ClN2O. The van der Waals surface area contributed by atoms with E-state index in [9.17, 15) is 4.79 Å². The predicted molar refractivity (Wildman–Crippen MR) is 71.5 cm³/mol. The SMILES string of the molecule is Cc1ccc(C(=O)NCC(N)C2CC2)cc1.Cl. The van der Waals surface area contributed by atoms with Gasteiger partial charge in [-0.2, -0.15) is 0 Å². The molecule has 0 aliphatic heterocycles. The van der Waals surface area contributed by atoms with Gasteiger partial charge in [-0.1, -0.05) is 17.7 Å². The van der Waals surface area contributed by atoms with Gasteiger partial charge in [-0.15, -0.1) is 12.4 Å². The summed E-state index contributed by atoms with van der Waals surface area (Å²) in [6.45, 7) is 2.59. The van der Waals surface area contributed by atoms with E-state index in [4.69, 9.17) is 5.73 Å². The Hall–Kier alpha value is -1.06. The molecule has 1 aliphatic carbocycles. The summed E-state index contributed by atoms with van der Waals surface area (Å²) in [5.74, 6) is 0.592. The molecule has 0 aromatic heterocycles. The maximum atomic E-state index is 11.7. The molecule has 1 aromatic carbocycles. The minimum absolute atomic E-state index is 0. The minimum Gasteiger partial charge on any atom is -0.350 e. The number of benzene rings is 1. The van der Waals surface area contributed by atoms with Crippen LogP contribution in [0.4, 0.5) is 0 Å². The van der Waals surface area contributed by atoms with Crippen LogP contribution in [0.3, 0.4) is 0 Å². The van der Waals surface area contributed by atoms with Gasteiger partial charge in [-0.3, -0.25) is 4.79 Å². The summed E-state index contributed by atoms with van der Waals surface area (Å²) in [4.78, 5) is 11.7. The molecule has 0 spiro atoms. The summed E-state index contributed by atoms with van der Waals surface area (Å²) < 4.78 is 0. The van der Waals surface area contributed by atoms with E-state index in [1.165, 1.54) is 12.8 Å². The Bertz CT molecular complexity index is 374. The first kappa shape index (κ1) is 14.0. The number of carbonyl (C=O) groups excluding carboxylic acids is 1. The number of rotatable bonds is 4. The third kappa shape index (κ3) is 4.02. The lowest BCUT2D eigenvalue weighted by molar-refractivity contribution is 0.0950. The smallest absolute Gasteiger partial charge is 0.251 e. The van der Waals surface area contributed by atoms with E-state index >= 15 is 0 Å². The topological polar surface area (TPSA) is 55.1 Å². The molecule has 1 fully saturated rings. The van der Waals surface area contributed by atoms with Crippen molar-refractivity contribution in [1.82, 2.24) is 5.32 Å². The van der Waals surface area contributed by atoms with Gasteiger partial charge in [-0.25, -0.2) is 0 Å². The molecule has 1 aromatic rings. The van der Waals surface area contributed by atoms with Crippen LogP contribution in [-0.2, 0) is 0 Å². The highest BCUT2D eigenvalue weighted by molar-refractivity contribution is 5.94. The lowest BCUT2D eigenvalue weighted by atomic mass is 10.1. The normalized spacial score (nSPS) is 15.9. The Morgan fingerprint density at radius 3 is 2.53 bits per heavy atom. The summed E-state index contributed by atoms with van der Waals surface area (Å²) >= 11 is 0. The van der Waals surface area contributed by atoms with Crippen molar-refractivity contribution >= 4 is 18.3 Å². The van der Waals surface area contributed by atoms with Gasteiger partial charge in [0.25, 0.3) is 5.91 Å². The Morgan fingerprint density at radius 2 is 2.00 bits per heavy atom. The Balaban J connectivity index is 0.00000144. The standard InChI is InChI=1S/C13H18N2O.ClH/c1-9-2-4-11(5-3-9)13(16)15-8-12(14)10-6-7-10;/h2-5,10,12H,6-8,14H2,1H3,(H,15,16);1H. The number of carbonyl (C=O) groups is 1. The van der Waals surface area contributed by atoms with Crippen LogP contribution < -0.4 is 11.1 Å². The highest BCUT2D eigenvalue weighted by Crippen LogP contribution is 2.31. The molecule has 0 radical (unpaired) electrons. The fourth-order valence-electron chi connectivity index (χ4n) is 1.71. The summed E-state index contributed by atoms with van der Waals surface area (Å²) in [6, 6.07) is 7.68. The van der Waals surface area contributed by atoms with E-state index < -0.39 is 0 Å². The molecule has 1 atom stereocenters. The number of nitrogens with two attached hydrogens (primary N) is 1. The van der Waals surface area contributed by atoms with Crippen molar-refractivity contribution in [3.05, 3.63) is 35.4 Å². The monoisotopic (exact) mass is 254 g/mol. The van der Waals surface area contributed by atoms with Gasteiger partial charge in [0.2, 0.25) is 0 Å². The lowest BCUT2D eigenvalue weighted by Crippen LogP contribution is -2.38. The molecule has 0 heterocycles. The fourth-order valence-corrected chi connectivity index (χ4v) is 1.71. The number of nitrogens with one attached hydrogen (secondary N) is 1. The number of hydrogen-bond acceptors (Lipinski definition) is 2.